The second kappa shape index (κ2) is 9.27. The molecule has 1 aliphatic rings. The number of nitrogens with zero attached hydrogens (tertiary/aromatic N) is 4. The molecule has 5 nitrogen and oxygen atoms in total. The van der Waals surface area contributed by atoms with Gasteiger partial charge in [0.05, 0.1) is 28.6 Å². The molecule has 11 heteroatoms. The third-order valence-corrected chi connectivity index (χ3v) is 5.74. The fourth-order valence-corrected chi connectivity index (χ4v) is 3.74. The van der Waals surface area contributed by atoms with Crippen LogP contribution in [0.1, 0.15) is 53.0 Å². The van der Waals surface area contributed by atoms with Gasteiger partial charge < -0.3 is 4.90 Å². The van der Waals surface area contributed by atoms with Crippen LogP contribution in [0.15, 0.2) is 55.0 Å². The van der Waals surface area contributed by atoms with Gasteiger partial charge in [0.15, 0.2) is 0 Å². The van der Waals surface area contributed by atoms with E-state index in [0.717, 1.165) is 12.8 Å². The maximum Gasteiger partial charge on any atom is 0.416 e. The van der Waals surface area contributed by atoms with Crippen LogP contribution in [0.3, 0.4) is 0 Å². The second-order valence-corrected chi connectivity index (χ2v) is 8.38. The zero-order chi connectivity index (χ0) is 25.4. The van der Waals surface area contributed by atoms with Crippen molar-refractivity contribution in [3.05, 3.63) is 77.4 Å². The van der Waals surface area contributed by atoms with Crippen molar-refractivity contribution >= 4 is 5.91 Å². The Labute approximate surface area is 196 Å². The summed E-state index contributed by atoms with van der Waals surface area (Å²) in [5.41, 5.74) is -2.59. The van der Waals surface area contributed by atoms with E-state index in [-0.39, 0.29) is 18.5 Å². The highest BCUT2D eigenvalue weighted by Crippen LogP contribution is 2.38. The number of rotatable bonds is 6. The summed E-state index contributed by atoms with van der Waals surface area (Å²) >= 11 is 0. The van der Waals surface area contributed by atoms with Crippen LogP contribution in [-0.2, 0) is 12.4 Å². The van der Waals surface area contributed by atoms with E-state index < -0.39 is 41.0 Å². The Bertz CT molecular complexity index is 1180. The quantitative estimate of drug-likeness (QED) is 0.384. The summed E-state index contributed by atoms with van der Waals surface area (Å²) < 4.78 is 80.2. The summed E-state index contributed by atoms with van der Waals surface area (Å²) in [4.78, 5) is 27.6. The van der Waals surface area contributed by atoms with Crippen molar-refractivity contribution in [2.45, 2.75) is 38.2 Å². The largest absolute Gasteiger partial charge is 0.416 e. The van der Waals surface area contributed by atoms with Crippen LogP contribution in [0.2, 0.25) is 0 Å². The minimum Gasteiger partial charge on any atom is -0.330 e. The molecule has 0 bridgehead atoms. The first-order chi connectivity index (χ1) is 16.4. The van der Waals surface area contributed by atoms with Crippen molar-refractivity contribution in [1.82, 2.24) is 19.9 Å². The molecule has 1 unspecified atom stereocenters. The number of halogens is 6. The zero-order valence-corrected chi connectivity index (χ0v) is 18.4. The molecule has 1 amide bonds. The average Bonchev–Trinajstić information content (AvgIpc) is 3.65. The molecule has 2 aromatic heterocycles. The molecule has 35 heavy (non-hydrogen) atoms. The third-order valence-electron chi connectivity index (χ3n) is 5.74. The van der Waals surface area contributed by atoms with Crippen molar-refractivity contribution in [3.8, 4) is 11.4 Å². The Morgan fingerprint density at radius 3 is 2.11 bits per heavy atom. The summed E-state index contributed by atoms with van der Waals surface area (Å²) in [6.45, 7) is 1.78. The van der Waals surface area contributed by atoms with Crippen LogP contribution in [0.4, 0.5) is 26.3 Å². The Morgan fingerprint density at radius 1 is 0.943 bits per heavy atom. The average molecular weight is 494 g/mol. The highest BCUT2D eigenvalue weighted by Gasteiger charge is 2.39. The van der Waals surface area contributed by atoms with Gasteiger partial charge in [-0.15, -0.1) is 0 Å². The molecular weight excluding hydrogens is 474 g/mol. The number of hydrogen-bond donors (Lipinski definition) is 0. The standard InChI is InChI=1S/C24H20F6N4O/c1-14(20-21(33-9-8-32-20)19-4-2-3-7-31-19)34(13-15-5-6-15)22(35)16-10-17(23(25,26)27)12-18(11-16)24(28,29)30/h2-4,7-12,14-15H,5-6,13H2,1H3. The first kappa shape index (κ1) is 24.6. The normalized spacial score (nSPS) is 15.1. The summed E-state index contributed by atoms with van der Waals surface area (Å²) in [7, 11) is 0. The molecular formula is C24H20F6N4O. The van der Waals surface area contributed by atoms with Gasteiger partial charge in [-0.1, -0.05) is 6.07 Å². The summed E-state index contributed by atoms with van der Waals surface area (Å²) in [6.07, 6.45) is -4.10. The van der Waals surface area contributed by atoms with Crippen LogP contribution in [0.5, 0.6) is 0 Å². The number of benzene rings is 1. The van der Waals surface area contributed by atoms with Gasteiger partial charge in [-0.2, -0.15) is 26.3 Å². The van der Waals surface area contributed by atoms with Gasteiger partial charge in [0, 0.05) is 30.7 Å². The van der Waals surface area contributed by atoms with Gasteiger partial charge in [0.25, 0.3) is 5.91 Å². The van der Waals surface area contributed by atoms with E-state index in [1.807, 2.05) is 0 Å². The van der Waals surface area contributed by atoms with Crippen LogP contribution in [0.25, 0.3) is 11.4 Å². The molecule has 0 spiro atoms. The highest BCUT2D eigenvalue weighted by molar-refractivity contribution is 5.95. The summed E-state index contributed by atoms with van der Waals surface area (Å²) in [5, 5.41) is 0. The predicted octanol–water partition coefficient (Wildman–Crippen LogP) is 6.19. The lowest BCUT2D eigenvalue weighted by Gasteiger charge is -2.30. The predicted molar refractivity (Wildman–Crippen MR) is 114 cm³/mol. The molecule has 1 fully saturated rings. The lowest BCUT2D eigenvalue weighted by Crippen LogP contribution is -2.36. The van der Waals surface area contributed by atoms with E-state index in [9.17, 15) is 31.1 Å². The SMILES string of the molecule is CC(c1nccnc1-c1ccccn1)N(CC1CC1)C(=O)c1cc(C(F)(F)F)cc(C(F)(F)F)c1. The molecule has 2 heterocycles. The fourth-order valence-electron chi connectivity index (χ4n) is 3.74. The molecule has 0 aliphatic heterocycles. The first-order valence-electron chi connectivity index (χ1n) is 10.8. The highest BCUT2D eigenvalue weighted by atomic mass is 19.4. The molecule has 1 atom stereocenters. The van der Waals surface area contributed by atoms with Crippen molar-refractivity contribution in [2.24, 2.45) is 5.92 Å². The number of amides is 1. The Morgan fingerprint density at radius 2 is 1.57 bits per heavy atom. The fraction of sp³-hybridized carbons (Fsp3) is 0.333. The van der Waals surface area contributed by atoms with Crippen molar-refractivity contribution < 1.29 is 31.1 Å². The van der Waals surface area contributed by atoms with Gasteiger partial charge in [0.2, 0.25) is 0 Å². The number of hydrogen-bond acceptors (Lipinski definition) is 4. The maximum absolute atomic E-state index is 13.5. The van der Waals surface area contributed by atoms with E-state index >= 15 is 0 Å². The molecule has 0 saturated heterocycles. The van der Waals surface area contributed by atoms with E-state index in [1.165, 1.54) is 17.3 Å². The van der Waals surface area contributed by atoms with Gasteiger partial charge >= 0.3 is 12.4 Å². The van der Waals surface area contributed by atoms with Crippen molar-refractivity contribution in [2.75, 3.05) is 6.54 Å². The van der Waals surface area contributed by atoms with Gasteiger partial charge in [-0.25, -0.2) is 0 Å². The molecule has 4 rings (SSSR count). The molecule has 1 aromatic carbocycles. The van der Waals surface area contributed by atoms with Crippen LogP contribution >= 0.6 is 0 Å². The Balaban J connectivity index is 1.77. The smallest absolute Gasteiger partial charge is 0.330 e. The number of alkyl halides is 6. The summed E-state index contributed by atoms with van der Waals surface area (Å²) in [6, 6.07) is 5.26. The third kappa shape index (κ3) is 5.60. The lowest BCUT2D eigenvalue weighted by molar-refractivity contribution is -0.143. The van der Waals surface area contributed by atoms with E-state index in [1.54, 1.807) is 31.3 Å². The van der Waals surface area contributed by atoms with E-state index in [0.29, 0.717) is 29.2 Å². The lowest BCUT2D eigenvalue weighted by atomic mass is 10.0. The number of pyridine rings is 1. The van der Waals surface area contributed by atoms with Crippen LogP contribution < -0.4 is 0 Å². The molecule has 0 N–H and O–H groups in total. The van der Waals surface area contributed by atoms with Crippen LogP contribution in [0, 0.1) is 5.92 Å². The topological polar surface area (TPSA) is 59.0 Å². The van der Waals surface area contributed by atoms with Crippen LogP contribution in [-0.4, -0.2) is 32.3 Å². The Kier molecular flexibility index (Phi) is 6.52. The Hall–Kier alpha value is -3.50. The van der Waals surface area contributed by atoms with E-state index in [2.05, 4.69) is 15.0 Å². The maximum atomic E-state index is 13.5. The molecule has 1 aliphatic carbocycles. The molecule has 184 valence electrons. The minimum atomic E-state index is -5.06. The zero-order valence-electron chi connectivity index (χ0n) is 18.4. The summed E-state index contributed by atoms with van der Waals surface area (Å²) in [5.74, 6) is -0.845. The number of carbonyl (C=O) groups is 1. The van der Waals surface area contributed by atoms with Crippen molar-refractivity contribution in [1.29, 1.82) is 0 Å². The molecule has 3 aromatic rings. The molecule has 1 saturated carbocycles. The first-order valence-corrected chi connectivity index (χ1v) is 10.8. The van der Waals surface area contributed by atoms with Gasteiger partial charge in [-0.05, 0) is 56.0 Å². The van der Waals surface area contributed by atoms with Crippen molar-refractivity contribution in [3.63, 3.8) is 0 Å². The minimum absolute atomic E-state index is 0.00723. The molecule has 0 radical (unpaired) electrons. The van der Waals surface area contributed by atoms with Gasteiger partial charge in [0.1, 0.15) is 5.69 Å². The number of carbonyl (C=O) groups excluding carboxylic acids is 1. The second-order valence-electron chi connectivity index (χ2n) is 8.38. The van der Waals surface area contributed by atoms with Gasteiger partial charge in [-0.3, -0.25) is 19.7 Å². The van der Waals surface area contributed by atoms with E-state index in [4.69, 9.17) is 0 Å². The number of aromatic nitrogens is 3. The monoisotopic (exact) mass is 494 g/mol.